The van der Waals surface area contributed by atoms with Gasteiger partial charge in [-0.05, 0) is 58.1 Å². The van der Waals surface area contributed by atoms with Gasteiger partial charge in [0.2, 0.25) is 11.7 Å². The normalized spacial score (nSPS) is 25.5. The van der Waals surface area contributed by atoms with Crippen LogP contribution in [0.2, 0.25) is 0 Å². The average molecular weight is 482 g/mol. The minimum absolute atomic E-state index is 0.144. The van der Waals surface area contributed by atoms with Crippen molar-refractivity contribution >= 4 is 17.4 Å². The van der Waals surface area contributed by atoms with Crippen molar-refractivity contribution in [3.05, 3.63) is 52.3 Å². The molecule has 3 aromatic rings. The third kappa shape index (κ3) is 3.71. The lowest BCUT2D eigenvalue weighted by molar-refractivity contribution is -0.0356. The fourth-order valence-electron chi connectivity index (χ4n) is 5.31. The molecule has 35 heavy (non-hydrogen) atoms. The van der Waals surface area contributed by atoms with Crippen LogP contribution in [0.15, 0.2) is 35.5 Å². The molecule has 1 aliphatic heterocycles. The number of ether oxygens (including phenoxy) is 2. The number of amides is 1. The summed E-state index contributed by atoms with van der Waals surface area (Å²) in [5.41, 5.74) is -0.0988. The van der Waals surface area contributed by atoms with Crippen LogP contribution in [0.25, 0.3) is 5.78 Å². The highest BCUT2D eigenvalue weighted by Gasteiger charge is 2.57. The van der Waals surface area contributed by atoms with Crippen LogP contribution in [0.4, 0.5) is 10.1 Å². The van der Waals surface area contributed by atoms with Gasteiger partial charge >= 0.3 is 0 Å². The molecule has 0 unspecified atom stereocenters. The van der Waals surface area contributed by atoms with Gasteiger partial charge < -0.3 is 19.4 Å². The lowest BCUT2D eigenvalue weighted by Gasteiger charge is -2.25. The molecule has 0 spiro atoms. The maximum Gasteiger partial charge on any atom is 0.274 e. The molecule has 9 nitrogen and oxygen atoms in total. The zero-order valence-electron chi connectivity index (χ0n) is 19.8. The number of fused-ring (bicyclic) bond motifs is 3. The number of alkyl halides is 1. The first kappa shape index (κ1) is 22.2. The lowest BCUT2D eigenvalue weighted by atomic mass is 9.84. The van der Waals surface area contributed by atoms with E-state index < -0.39 is 18.2 Å². The van der Waals surface area contributed by atoms with E-state index in [1.54, 1.807) is 33.5 Å². The Kier molecular flexibility index (Phi) is 5.00. The molecule has 3 aromatic heterocycles. The van der Waals surface area contributed by atoms with Crippen LogP contribution in [0.1, 0.15) is 68.0 Å². The van der Waals surface area contributed by atoms with Crippen LogP contribution >= 0.6 is 0 Å². The molecule has 3 fully saturated rings. The monoisotopic (exact) mass is 481 g/mol. The van der Waals surface area contributed by atoms with Crippen LogP contribution in [0.5, 0.6) is 5.88 Å². The Morgan fingerprint density at radius 1 is 1.31 bits per heavy atom. The number of aromatic nitrogens is 4. The number of imidazole rings is 1. The Bertz CT molecular complexity index is 1370. The highest BCUT2D eigenvalue weighted by molar-refractivity contribution is 6.05. The SMILES string of the molecule is CC(C)Oc1nc2nc([C@]34CC[C@](CF)(C3)OC4)cn2cc1C(=O)Nc1cccn(C2CC2)c1=O. The van der Waals surface area contributed by atoms with E-state index in [4.69, 9.17) is 14.5 Å². The Morgan fingerprint density at radius 3 is 2.80 bits per heavy atom. The molecule has 10 heteroatoms. The van der Waals surface area contributed by atoms with Crippen LogP contribution in [-0.2, 0) is 10.2 Å². The van der Waals surface area contributed by atoms with Crippen LogP contribution in [0.3, 0.4) is 0 Å². The second-order valence-electron chi connectivity index (χ2n) is 10.3. The maximum absolute atomic E-state index is 13.6. The van der Waals surface area contributed by atoms with Crippen molar-refractivity contribution in [1.82, 2.24) is 18.9 Å². The fraction of sp³-hybridized carbons (Fsp3) is 0.520. The molecule has 1 saturated heterocycles. The van der Waals surface area contributed by atoms with E-state index in [0.29, 0.717) is 25.2 Å². The molecule has 2 atom stereocenters. The van der Waals surface area contributed by atoms with Gasteiger partial charge in [0.1, 0.15) is 17.9 Å². The van der Waals surface area contributed by atoms with Crippen molar-refractivity contribution in [2.75, 3.05) is 18.6 Å². The first-order chi connectivity index (χ1) is 16.8. The number of carbonyl (C=O) groups is 1. The molecule has 4 heterocycles. The number of anilines is 1. The fourth-order valence-corrected chi connectivity index (χ4v) is 5.31. The Hall–Kier alpha value is -3.27. The van der Waals surface area contributed by atoms with Crippen LogP contribution < -0.4 is 15.6 Å². The largest absolute Gasteiger partial charge is 0.474 e. The van der Waals surface area contributed by atoms with Crippen molar-refractivity contribution in [1.29, 1.82) is 0 Å². The van der Waals surface area contributed by atoms with E-state index in [1.807, 2.05) is 20.0 Å². The summed E-state index contributed by atoms with van der Waals surface area (Å²) >= 11 is 0. The summed E-state index contributed by atoms with van der Waals surface area (Å²) in [7, 11) is 0. The third-order valence-corrected chi connectivity index (χ3v) is 7.33. The summed E-state index contributed by atoms with van der Waals surface area (Å²) < 4.78 is 28.6. The molecule has 3 aliphatic rings. The number of rotatable bonds is 7. The topological polar surface area (TPSA) is 99.8 Å². The van der Waals surface area contributed by atoms with Gasteiger partial charge in [-0.3, -0.25) is 14.0 Å². The molecule has 2 bridgehead atoms. The smallest absolute Gasteiger partial charge is 0.274 e. The molecular formula is C25H28FN5O4. The predicted octanol–water partition coefficient (Wildman–Crippen LogP) is 3.43. The van der Waals surface area contributed by atoms with Gasteiger partial charge in [-0.2, -0.15) is 4.98 Å². The summed E-state index contributed by atoms with van der Waals surface area (Å²) in [4.78, 5) is 35.4. The van der Waals surface area contributed by atoms with Gasteiger partial charge in [-0.1, -0.05) is 0 Å². The summed E-state index contributed by atoms with van der Waals surface area (Å²) in [5.74, 6) is 0.0444. The average Bonchev–Trinajstić information content (AvgIpc) is 3.32. The molecule has 0 radical (unpaired) electrons. The first-order valence-corrected chi connectivity index (χ1v) is 12.1. The van der Waals surface area contributed by atoms with Gasteiger partial charge in [0, 0.05) is 30.0 Å². The molecule has 2 aliphatic carbocycles. The first-order valence-electron chi connectivity index (χ1n) is 12.1. The number of carbonyl (C=O) groups excluding carboxylic acids is 1. The standard InChI is InChI=1S/C25H28FN5O4/c1-15(2)35-21-17(20(32)27-18-4-3-9-31(22(18)33)16-5-6-16)10-30-11-19(28-23(30)29-21)24-7-8-25(12-24,13-26)34-14-24/h3-4,9-11,15-16H,5-8,12-14H2,1-2H3,(H,27,32)/t24-,25-/m1/s1. The molecule has 1 N–H and O–H groups in total. The third-order valence-electron chi connectivity index (χ3n) is 7.33. The predicted molar refractivity (Wildman–Crippen MR) is 126 cm³/mol. The molecule has 6 rings (SSSR count). The highest BCUT2D eigenvalue weighted by atomic mass is 19.1. The minimum Gasteiger partial charge on any atom is -0.474 e. The zero-order chi connectivity index (χ0) is 24.4. The number of nitrogens with one attached hydrogen (secondary N) is 1. The second-order valence-corrected chi connectivity index (χ2v) is 10.3. The zero-order valence-corrected chi connectivity index (χ0v) is 19.8. The van der Waals surface area contributed by atoms with Crippen molar-refractivity contribution in [2.24, 2.45) is 0 Å². The Morgan fingerprint density at radius 2 is 2.14 bits per heavy atom. The van der Waals surface area contributed by atoms with Gasteiger partial charge in [-0.25, -0.2) is 9.37 Å². The van der Waals surface area contributed by atoms with E-state index >= 15 is 0 Å². The van der Waals surface area contributed by atoms with E-state index in [2.05, 4.69) is 10.3 Å². The van der Waals surface area contributed by atoms with Gasteiger partial charge in [0.05, 0.1) is 24.0 Å². The molecule has 184 valence electrons. The summed E-state index contributed by atoms with van der Waals surface area (Å²) in [6.45, 7) is 3.61. The maximum atomic E-state index is 13.6. The van der Waals surface area contributed by atoms with Crippen molar-refractivity contribution in [3.8, 4) is 5.88 Å². The highest BCUT2D eigenvalue weighted by Crippen LogP contribution is 2.54. The van der Waals surface area contributed by atoms with E-state index in [0.717, 1.165) is 25.0 Å². The Labute approximate surface area is 201 Å². The van der Waals surface area contributed by atoms with Gasteiger partial charge in [-0.15, -0.1) is 0 Å². The summed E-state index contributed by atoms with van der Waals surface area (Å²) in [6, 6.07) is 3.55. The van der Waals surface area contributed by atoms with Gasteiger partial charge in [0.15, 0.2) is 0 Å². The van der Waals surface area contributed by atoms with Crippen molar-refractivity contribution in [2.45, 2.75) is 69.1 Å². The summed E-state index contributed by atoms with van der Waals surface area (Å²) in [5, 5.41) is 2.74. The second kappa shape index (κ2) is 7.87. The van der Waals surface area contributed by atoms with Gasteiger partial charge in [0.25, 0.3) is 11.5 Å². The number of hydrogen-bond donors (Lipinski definition) is 1. The van der Waals surface area contributed by atoms with Crippen LogP contribution in [-0.4, -0.2) is 49.8 Å². The van der Waals surface area contributed by atoms with Crippen molar-refractivity contribution < 1.29 is 18.7 Å². The molecular weight excluding hydrogens is 453 g/mol. The quantitative estimate of drug-likeness (QED) is 0.555. The Balaban J connectivity index is 1.36. The van der Waals surface area contributed by atoms with E-state index in [9.17, 15) is 14.0 Å². The van der Waals surface area contributed by atoms with E-state index in [1.165, 1.54) is 0 Å². The molecule has 1 amide bonds. The van der Waals surface area contributed by atoms with Crippen molar-refractivity contribution in [3.63, 3.8) is 0 Å². The molecule has 0 aromatic carbocycles. The minimum atomic E-state index is -0.705. The summed E-state index contributed by atoms with van der Waals surface area (Å²) in [6.07, 6.45) is 8.96. The van der Waals surface area contributed by atoms with E-state index in [-0.39, 0.29) is 40.3 Å². The molecule has 2 saturated carbocycles. The van der Waals surface area contributed by atoms with Crippen LogP contribution in [0, 0.1) is 0 Å². The number of hydrogen-bond acceptors (Lipinski definition) is 6. The number of halogens is 1. The lowest BCUT2D eigenvalue weighted by Crippen LogP contribution is -2.29. The number of nitrogens with zero attached hydrogens (tertiary/aromatic N) is 4. The number of pyridine rings is 1.